The van der Waals surface area contributed by atoms with Crippen LogP contribution in [0.3, 0.4) is 0 Å². The molecule has 1 N–H and O–H groups in total. The highest BCUT2D eigenvalue weighted by Crippen LogP contribution is 2.33. The molecule has 0 bridgehead atoms. The maximum Gasteiger partial charge on any atom is 0.0540 e. The lowest BCUT2D eigenvalue weighted by Gasteiger charge is -2.18. The molecule has 14 heavy (non-hydrogen) atoms. The molecule has 0 unspecified atom stereocenters. The molecule has 0 heterocycles. The third-order valence-electron chi connectivity index (χ3n) is 3.74. The Labute approximate surface area is 87.2 Å². The van der Waals surface area contributed by atoms with Crippen molar-refractivity contribution in [1.29, 1.82) is 0 Å². The average Bonchev–Trinajstić information content (AvgIpc) is 2.63. The number of aliphatic hydroxyl groups excluding tert-OH is 1. The lowest BCUT2D eigenvalue weighted by molar-refractivity contribution is 0.146. The number of aliphatic hydroxyl groups is 1. The summed E-state index contributed by atoms with van der Waals surface area (Å²) in [5.41, 5.74) is 3.54. The maximum atomic E-state index is 9.55. The zero-order valence-corrected chi connectivity index (χ0v) is 9.10. The van der Waals surface area contributed by atoms with Gasteiger partial charge in [-0.25, -0.2) is 0 Å². The minimum absolute atomic E-state index is 0.00914. The zero-order chi connectivity index (χ0) is 9.80. The molecule has 2 aliphatic carbocycles. The van der Waals surface area contributed by atoms with Crippen molar-refractivity contribution in [3.05, 3.63) is 11.1 Å². The van der Waals surface area contributed by atoms with Crippen molar-refractivity contribution in [2.75, 3.05) is 0 Å². The van der Waals surface area contributed by atoms with Crippen LogP contribution in [-0.2, 0) is 0 Å². The predicted molar refractivity (Wildman–Crippen MR) is 59.2 cm³/mol. The standard InChI is InChI=1S/C13H22O/c14-13-9-3-7-12(8-4-10-13)11-5-1-2-6-11/h13-14H,1-10H2. The molecule has 0 aromatic heterocycles. The van der Waals surface area contributed by atoms with Crippen molar-refractivity contribution in [2.24, 2.45) is 0 Å². The van der Waals surface area contributed by atoms with Gasteiger partial charge in [-0.15, -0.1) is 0 Å². The molecule has 0 spiro atoms. The van der Waals surface area contributed by atoms with E-state index in [0.717, 1.165) is 12.8 Å². The molecule has 0 aromatic carbocycles. The second-order valence-electron chi connectivity index (χ2n) is 4.85. The quantitative estimate of drug-likeness (QED) is 0.584. The maximum absolute atomic E-state index is 9.55. The van der Waals surface area contributed by atoms with Crippen molar-refractivity contribution in [3.63, 3.8) is 0 Å². The fourth-order valence-electron chi connectivity index (χ4n) is 2.88. The Morgan fingerprint density at radius 2 is 1.14 bits per heavy atom. The lowest BCUT2D eigenvalue weighted by atomic mass is 9.91. The van der Waals surface area contributed by atoms with Gasteiger partial charge in [-0.1, -0.05) is 11.1 Å². The van der Waals surface area contributed by atoms with Crippen LogP contribution in [0.25, 0.3) is 0 Å². The summed E-state index contributed by atoms with van der Waals surface area (Å²) >= 11 is 0. The van der Waals surface area contributed by atoms with Crippen LogP contribution in [0, 0.1) is 0 Å². The molecule has 1 heteroatoms. The summed E-state index contributed by atoms with van der Waals surface area (Å²) in [6.07, 6.45) is 12.6. The van der Waals surface area contributed by atoms with E-state index < -0.39 is 0 Å². The first-order valence-electron chi connectivity index (χ1n) is 6.24. The summed E-state index contributed by atoms with van der Waals surface area (Å²) in [4.78, 5) is 0. The lowest BCUT2D eigenvalue weighted by Crippen LogP contribution is -2.09. The van der Waals surface area contributed by atoms with Gasteiger partial charge >= 0.3 is 0 Å². The Morgan fingerprint density at radius 1 is 0.714 bits per heavy atom. The molecule has 2 saturated carbocycles. The van der Waals surface area contributed by atoms with Crippen LogP contribution in [0.15, 0.2) is 11.1 Å². The SMILES string of the molecule is OC1CCCC(=C2CCCC2)CCC1. The molecule has 80 valence electrons. The molecule has 0 aromatic rings. The molecule has 2 rings (SSSR count). The van der Waals surface area contributed by atoms with Crippen LogP contribution in [0.5, 0.6) is 0 Å². The van der Waals surface area contributed by atoms with Gasteiger partial charge in [-0.3, -0.25) is 0 Å². The van der Waals surface area contributed by atoms with E-state index in [1.807, 2.05) is 0 Å². The Balaban J connectivity index is 1.95. The monoisotopic (exact) mass is 194 g/mol. The van der Waals surface area contributed by atoms with Gasteiger partial charge in [0.1, 0.15) is 0 Å². The van der Waals surface area contributed by atoms with Crippen molar-refractivity contribution in [1.82, 2.24) is 0 Å². The van der Waals surface area contributed by atoms with E-state index >= 15 is 0 Å². The molecule has 2 aliphatic rings. The first-order chi connectivity index (χ1) is 6.86. The first kappa shape index (κ1) is 10.2. The Morgan fingerprint density at radius 3 is 1.64 bits per heavy atom. The second-order valence-corrected chi connectivity index (χ2v) is 4.85. The van der Waals surface area contributed by atoms with Gasteiger partial charge in [0.15, 0.2) is 0 Å². The molecular formula is C13H22O. The highest BCUT2D eigenvalue weighted by atomic mass is 16.3. The zero-order valence-electron chi connectivity index (χ0n) is 9.10. The molecule has 2 fully saturated rings. The largest absolute Gasteiger partial charge is 0.393 e. The number of hydrogen-bond donors (Lipinski definition) is 1. The average molecular weight is 194 g/mol. The number of allylic oxidation sites excluding steroid dienone is 2. The first-order valence-corrected chi connectivity index (χ1v) is 6.24. The van der Waals surface area contributed by atoms with Gasteiger partial charge in [-0.05, 0) is 64.2 Å². The highest BCUT2D eigenvalue weighted by molar-refractivity contribution is 5.17. The van der Waals surface area contributed by atoms with E-state index in [1.54, 1.807) is 11.1 Å². The summed E-state index contributed by atoms with van der Waals surface area (Å²) < 4.78 is 0. The Hall–Kier alpha value is -0.300. The fraction of sp³-hybridized carbons (Fsp3) is 0.846. The third-order valence-corrected chi connectivity index (χ3v) is 3.74. The molecule has 0 amide bonds. The normalized spacial score (nSPS) is 30.2. The summed E-state index contributed by atoms with van der Waals surface area (Å²) in [5.74, 6) is 0. The van der Waals surface area contributed by atoms with E-state index in [-0.39, 0.29) is 6.10 Å². The summed E-state index contributed by atoms with van der Waals surface area (Å²) in [6, 6.07) is 0. The Kier molecular flexibility index (Phi) is 3.63. The topological polar surface area (TPSA) is 20.2 Å². The number of hydrogen-bond acceptors (Lipinski definition) is 1. The second kappa shape index (κ2) is 4.97. The van der Waals surface area contributed by atoms with E-state index in [2.05, 4.69) is 0 Å². The minimum Gasteiger partial charge on any atom is -0.393 e. The van der Waals surface area contributed by atoms with Gasteiger partial charge in [0.25, 0.3) is 0 Å². The Bertz CT molecular complexity index is 197. The molecule has 0 saturated heterocycles. The van der Waals surface area contributed by atoms with Crippen molar-refractivity contribution < 1.29 is 5.11 Å². The predicted octanol–water partition coefficient (Wildman–Crippen LogP) is 3.57. The van der Waals surface area contributed by atoms with Gasteiger partial charge < -0.3 is 5.11 Å². The van der Waals surface area contributed by atoms with Gasteiger partial charge in [0.2, 0.25) is 0 Å². The smallest absolute Gasteiger partial charge is 0.0540 e. The van der Waals surface area contributed by atoms with Crippen LogP contribution in [0.4, 0.5) is 0 Å². The van der Waals surface area contributed by atoms with E-state index in [1.165, 1.54) is 51.4 Å². The van der Waals surface area contributed by atoms with Crippen LogP contribution in [-0.4, -0.2) is 11.2 Å². The molecular weight excluding hydrogens is 172 g/mol. The van der Waals surface area contributed by atoms with Gasteiger partial charge in [0, 0.05) is 0 Å². The van der Waals surface area contributed by atoms with Gasteiger partial charge in [-0.2, -0.15) is 0 Å². The highest BCUT2D eigenvalue weighted by Gasteiger charge is 2.15. The van der Waals surface area contributed by atoms with Crippen molar-refractivity contribution in [2.45, 2.75) is 70.3 Å². The third kappa shape index (κ3) is 2.60. The summed E-state index contributed by atoms with van der Waals surface area (Å²) in [7, 11) is 0. The van der Waals surface area contributed by atoms with Crippen LogP contribution < -0.4 is 0 Å². The van der Waals surface area contributed by atoms with Crippen molar-refractivity contribution >= 4 is 0 Å². The molecule has 0 radical (unpaired) electrons. The summed E-state index contributed by atoms with van der Waals surface area (Å²) in [6.45, 7) is 0. The van der Waals surface area contributed by atoms with Crippen LogP contribution in [0.2, 0.25) is 0 Å². The van der Waals surface area contributed by atoms with Crippen LogP contribution in [0.1, 0.15) is 64.2 Å². The van der Waals surface area contributed by atoms with Crippen LogP contribution >= 0.6 is 0 Å². The molecule has 0 aliphatic heterocycles. The summed E-state index contributed by atoms with van der Waals surface area (Å²) in [5, 5.41) is 9.55. The fourth-order valence-corrected chi connectivity index (χ4v) is 2.88. The van der Waals surface area contributed by atoms with Crippen molar-refractivity contribution in [3.8, 4) is 0 Å². The van der Waals surface area contributed by atoms with E-state index in [0.29, 0.717) is 0 Å². The van der Waals surface area contributed by atoms with E-state index in [9.17, 15) is 5.11 Å². The molecule has 0 atom stereocenters. The van der Waals surface area contributed by atoms with Gasteiger partial charge in [0.05, 0.1) is 6.10 Å². The van der Waals surface area contributed by atoms with E-state index in [4.69, 9.17) is 0 Å². The number of rotatable bonds is 0. The molecule has 1 nitrogen and oxygen atoms in total. The minimum atomic E-state index is -0.00914.